The first kappa shape index (κ1) is 17.6. The number of rotatable bonds is 8. The van der Waals surface area contributed by atoms with Crippen LogP contribution in [0.3, 0.4) is 0 Å². The Kier molecular flexibility index (Phi) is 7.11. The number of halogens is 1. The van der Waals surface area contributed by atoms with Gasteiger partial charge < -0.3 is 10.5 Å². The predicted octanol–water partition coefficient (Wildman–Crippen LogP) is 1.95. The smallest absolute Gasteiger partial charge is 0.244 e. The molecule has 114 valence electrons. The average molecular weight is 365 g/mol. The van der Waals surface area contributed by atoms with E-state index in [-0.39, 0.29) is 4.90 Å². The molecule has 1 aromatic rings. The highest BCUT2D eigenvalue weighted by molar-refractivity contribution is 9.10. The van der Waals surface area contributed by atoms with Gasteiger partial charge in [-0.05, 0) is 40.5 Å². The average Bonchev–Trinajstić information content (AvgIpc) is 2.43. The summed E-state index contributed by atoms with van der Waals surface area (Å²) in [4.78, 5) is 0.249. The Morgan fingerprint density at radius 2 is 2.05 bits per heavy atom. The van der Waals surface area contributed by atoms with Crippen LogP contribution in [0, 0.1) is 0 Å². The van der Waals surface area contributed by atoms with Gasteiger partial charge in [0.2, 0.25) is 10.0 Å². The van der Waals surface area contributed by atoms with Gasteiger partial charge in [-0.2, -0.15) is 4.31 Å². The molecule has 7 heteroatoms. The molecule has 20 heavy (non-hydrogen) atoms. The van der Waals surface area contributed by atoms with E-state index < -0.39 is 10.0 Å². The first-order valence-electron chi connectivity index (χ1n) is 6.53. The minimum Gasteiger partial charge on any atom is -0.380 e. The number of likely N-dealkylation sites (N-methyl/N-ethyl adjacent to an activating group) is 1. The number of hydrogen-bond donors (Lipinski definition) is 1. The molecule has 0 amide bonds. The first-order chi connectivity index (χ1) is 9.47. The lowest BCUT2D eigenvalue weighted by molar-refractivity contribution is 0.135. The van der Waals surface area contributed by atoms with Gasteiger partial charge in [0.15, 0.2) is 0 Å². The maximum atomic E-state index is 12.6. The van der Waals surface area contributed by atoms with E-state index in [4.69, 9.17) is 10.5 Å². The van der Waals surface area contributed by atoms with Crippen LogP contribution in [0.5, 0.6) is 0 Å². The number of nitrogens with zero attached hydrogens (tertiary/aromatic N) is 1. The summed E-state index contributed by atoms with van der Waals surface area (Å²) in [5.74, 6) is 0. The Balaban J connectivity index is 3.07. The highest BCUT2D eigenvalue weighted by Crippen LogP contribution is 2.26. The van der Waals surface area contributed by atoms with Gasteiger partial charge in [0.1, 0.15) is 0 Å². The monoisotopic (exact) mass is 364 g/mol. The van der Waals surface area contributed by atoms with Crippen LogP contribution in [0.25, 0.3) is 0 Å². The number of ether oxygens (including phenoxy) is 1. The molecule has 0 saturated heterocycles. The topological polar surface area (TPSA) is 72.6 Å². The Bertz CT molecular complexity index is 534. The highest BCUT2D eigenvalue weighted by Gasteiger charge is 2.25. The predicted molar refractivity (Wildman–Crippen MR) is 83.0 cm³/mol. The Labute approximate surface area is 129 Å². The van der Waals surface area contributed by atoms with Gasteiger partial charge >= 0.3 is 0 Å². The zero-order chi connectivity index (χ0) is 15.2. The van der Waals surface area contributed by atoms with E-state index in [1.807, 2.05) is 13.8 Å². The maximum absolute atomic E-state index is 12.6. The van der Waals surface area contributed by atoms with Crippen molar-refractivity contribution in [3.05, 3.63) is 28.2 Å². The van der Waals surface area contributed by atoms with Crippen molar-refractivity contribution in [3.8, 4) is 0 Å². The van der Waals surface area contributed by atoms with Gasteiger partial charge in [-0.1, -0.05) is 13.0 Å². The van der Waals surface area contributed by atoms with Crippen LogP contribution in [-0.2, 0) is 21.3 Å². The molecule has 1 aromatic carbocycles. The Morgan fingerprint density at radius 3 is 2.60 bits per heavy atom. The van der Waals surface area contributed by atoms with Gasteiger partial charge in [0, 0.05) is 30.7 Å². The van der Waals surface area contributed by atoms with Crippen LogP contribution in [-0.4, -0.2) is 39.0 Å². The third kappa shape index (κ3) is 4.26. The number of benzene rings is 1. The van der Waals surface area contributed by atoms with Crippen LogP contribution in [0.1, 0.15) is 19.4 Å². The van der Waals surface area contributed by atoms with E-state index in [1.165, 1.54) is 4.31 Å². The number of nitrogens with two attached hydrogens (primary N) is 1. The molecular weight excluding hydrogens is 344 g/mol. The van der Waals surface area contributed by atoms with E-state index in [1.54, 1.807) is 18.2 Å². The van der Waals surface area contributed by atoms with Gasteiger partial charge in [-0.25, -0.2) is 8.42 Å². The number of sulfonamides is 1. The fourth-order valence-corrected chi connectivity index (χ4v) is 4.18. The molecule has 1 rings (SSSR count). The third-order valence-electron chi connectivity index (χ3n) is 2.89. The lowest BCUT2D eigenvalue weighted by Crippen LogP contribution is -2.34. The number of hydrogen-bond acceptors (Lipinski definition) is 4. The molecule has 0 radical (unpaired) electrons. The summed E-state index contributed by atoms with van der Waals surface area (Å²) in [6.07, 6.45) is 0. The van der Waals surface area contributed by atoms with Gasteiger partial charge in [0.05, 0.1) is 11.5 Å². The summed E-state index contributed by atoms with van der Waals surface area (Å²) in [5.41, 5.74) is 6.36. The summed E-state index contributed by atoms with van der Waals surface area (Å²) >= 11 is 3.30. The Hall–Kier alpha value is -0.470. The quantitative estimate of drug-likeness (QED) is 0.715. The fraction of sp³-hybridized carbons (Fsp3) is 0.538. The molecule has 0 spiro atoms. The van der Waals surface area contributed by atoms with Crippen LogP contribution >= 0.6 is 15.9 Å². The van der Waals surface area contributed by atoms with Crippen molar-refractivity contribution >= 4 is 26.0 Å². The van der Waals surface area contributed by atoms with E-state index in [0.29, 0.717) is 37.3 Å². The van der Waals surface area contributed by atoms with Crippen molar-refractivity contribution in [1.82, 2.24) is 4.31 Å². The van der Waals surface area contributed by atoms with Crippen molar-refractivity contribution in [2.24, 2.45) is 5.73 Å². The largest absolute Gasteiger partial charge is 0.380 e. The molecule has 5 nitrogen and oxygen atoms in total. The molecule has 0 saturated carbocycles. The van der Waals surface area contributed by atoms with E-state index in [9.17, 15) is 8.42 Å². The molecule has 0 atom stereocenters. The fourth-order valence-electron chi connectivity index (χ4n) is 1.77. The Morgan fingerprint density at radius 1 is 1.35 bits per heavy atom. The lowest BCUT2D eigenvalue weighted by Gasteiger charge is -2.21. The minimum atomic E-state index is -3.54. The zero-order valence-corrected chi connectivity index (χ0v) is 14.2. The first-order valence-corrected chi connectivity index (χ1v) is 8.77. The van der Waals surface area contributed by atoms with Crippen LogP contribution < -0.4 is 5.73 Å². The highest BCUT2D eigenvalue weighted by atomic mass is 79.9. The third-order valence-corrected chi connectivity index (χ3v) is 5.86. The van der Waals surface area contributed by atoms with Crippen molar-refractivity contribution in [3.63, 3.8) is 0 Å². The van der Waals surface area contributed by atoms with Crippen molar-refractivity contribution < 1.29 is 13.2 Å². The lowest BCUT2D eigenvalue weighted by atomic mass is 10.2. The van der Waals surface area contributed by atoms with Crippen LogP contribution in [0.2, 0.25) is 0 Å². The van der Waals surface area contributed by atoms with Gasteiger partial charge in [-0.15, -0.1) is 0 Å². The molecule has 0 aliphatic carbocycles. The molecule has 0 fully saturated rings. The normalized spacial score (nSPS) is 12.1. The summed E-state index contributed by atoms with van der Waals surface area (Å²) in [6, 6.07) is 5.13. The maximum Gasteiger partial charge on any atom is 0.244 e. The van der Waals surface area contributed by atoms with Crippen LogP contribution in [0.15, 0.2) is 27.6 Å². The zero-order valence-electron chi connectivity index (χ0n) is 11.8. The van der Waals surface area contributed by atoms with E-state index in [2.05, 4.69) is 15.9 Å². The molecule has 0 heterocycles. The van der Waals surface area contributed by atoms with Crippen molar-refractivity contribution in [2.45, 2.75) is 25.3 Å². The SMILES string of the molecule is CCOCCN(CC)S(=O)(=O)c1cc(CN)ccc1Br. The van der Waals surface area contributed by atoms with Crippen molar-refractivity contribution in [1.29, 1.82) is 0 Å². The molecule has 0 aliphatic heterocycles. The minimum absolute atomic E-state index is 0.249. The molecule has 0 aliphatic rings. The molecule has 0 unspecified atom stereocenters. The van der Waals surface area contributed by atoms with E-state index >= 15 is 0 Å². The second-order valence-corrected chi connectivity index (χ2v) is 6.92. The standard InChI is InChI=1S/C13H21BrN2O3S/c1-3-16(7-8-19-4-2)20(17,18)13-9-11(10-15)5-6-12(13)14/h5-6,9H,3-4,7-8,10,15H2,1-2H3. The molecular formula is C13H21BrN2O3S. The summed E-state index contributed by atoms with van der Waals surface area (Å²) in [6.45, 7) is 5.69. The van der Waals surface area contributed by atoms with Crippen LogP contribution in [0.4, 0.5) is 0 Å². The van der Waals surface area contributed by atoms with Gasteiger partial charge in [-0.3, -0.25) is 0 Å². The summed E-state index contributed by atoms with van der Waals surface area (Å²) in [5, 5.41) is 0. The van der Waals surface area contributed by atoms with Crippen molar-refractivity contribution in [2.75, 3.05) is 26.3 Å². The van der Waals surface area contributed by atoms with E-state index in [0.717, 1.165) is 5.56 Å². The molecule has 0 bridgehead atoms. The molecule has 2 N–H and O–H groups in total. The molecule has 0 aromatic heterocycles. The second kappa shape index (κ2) is 8.09. The summed E-state index contributed by atoms with van der Waals surface area (Å²) in [7, 11) is -3.54. The van der Waals surface area contributed by atoms with Gasteiger partial charge in [0.25, 0.3) is 0 Å². The second-order valence-electron chi connectivity index (χ2n) is 4.16. The summed E-state index contributed by atoms with van der Waals surface area (Å²) < 4.78 is 32.5.